The Morgan fingerprint density at radius 3 is 2.74 bits per heavy atom. The number of nitrogens with one attached hydrogen (secondary N) is 1. The fourth-order valence-electron chi connectivity index (χ4n) is 4.04. The zero-order valence-electron chi connectivity index (χ0n) is 17.4. The monoisotopic (exact) mass is 435 g/mol. The first-order valence-corrected chi connectivity index (χ1v) is 11.3. The van der Waals surface area contributed by atoms with Gasteiger partial charge in [0.1, 0.15) is 6.04 Å². The summed E-state index contributed by atoms with van der Waals surface area (Å²) in [6, 6.07) is 10.8. The van der Waals surface area contributed by atoms with Crippen LogP contribution < -0.4 is 5.32 Å². The fourth-order valence-corrected chi connectivity index (χ4v) is 4.47. The van der Waals surface area contributed by atoms with Crippen LogP contribution in [0.2, 0.25) is 0 Å². The third-order valence-corrected chi connectivity index (χ3v) is 6.04. The summed E-state index contributed by atoms with van der Waals surface area (Å²) in [6.07, 6.45) is 7.57. The molecule has 31 heavy (non-hydrogen) atoms. The number of hydrogen-bond acceptors (Lipinski definition) is 6. The number of pyridine rings is 1. The summed E-state index contributed by atoms with van der Waals surface area (Å²) in [5, 5.41) is 8.76. The third kappa shape index (κ3) is 5.14. The summed E-state index contributed by atoms with van der Waals surface area (Å²) in [6.45, 7) is 2.22. The van der Waals surface area contributed by atoms with Crippen molar-refractivity contribution in [2.75, 3.05) is 0 Å². The number of aromatic nitrogens is 3. The van der Waals surface area contributed by atoms with E-state index in [-0.39, 0.29) is 30.1 Å². The first-order valence-electron chi connectivity index (χ1n) is 10.5. The number of nitrogens with zero attached hydrogens (tertiary/aromatic N) is 4. The minimum Gasteiger partial charge on any atom is -0.351 e. The molecule has 160 valence electrons. The van der Waals surface area contributed by atoms with Crippen molar-refractivity contribution in [3.05, 3.63) is 76.6 Å². The van der Waals surface area contributed by atoms with E-state index in [0.29, 0.717) is 0 Å². The van der Waals surface area contributed by atoms with Crippen molar-refractivity contribution in [1.29, 1.82) is 0 Å². The average Bonchev–Trinajstić information content (AvgIpc) is 3.48. The highest BCUT2D eigenvalue weighted by atomic mass is 32.1. The Labute approximate surface area is 185 Å². The van der Waals surface area contributed by atoms with Gasteiger partial charge in [0, 0.05) is 30.4 Å². The zero-order chi connectivity index (χ0) is 21.6. The van der Waals surface area contributed by atoms with E-state index in [9.17, 15) is 9.59 Å². The Bertz CT molecular complexity index is 1020. The molecule has 2 amide bonds. The van der Waals surface area contributed by atoms with E-state index in [1.54, 1.807) is 22.7 Å². The van der Waals surface area contributed by atoms with Crippen LogP contribution >= 0.6 is 11.5 Å². The third-order valence-electron chi connectivity index (χ3n) is 5.54. The van der Waals surface area contributed by atoms with Gasteiger partial charge in [-0.05, 0) is 48.5 Å². The molecule has 0 spiro atoms. The topological polar surface area (TPSA) is 88.1 Å². The Hall–Kier alpha value is -3.13. The fraction of sp³-hybridized carbons (Fsp3) is 0.348. The van der Waals surface area contributed by atoms with Gasteiger partial charge in [0.05, 0.1) is 0 Å². The van der Waals surface area contributed by atoms with Gasteiger partial charge in [0.2, 0.25) is 5.91 Å². The maximum absolute atomic E-state index is 13.6. The van der Waals surface area contributed by atoms with Crippen LogP contribution in [0.1, 0.15) is 58.9 Å². The van der Waals surface area contributed by atoms with Crippen molar-refractivity contribution in [2.24, 2.45) is 0 Å². The number of carbonyl (C=O) groups excluding carboxylic acids is 2. The maximum atomic E-state index is 13.6. The van der Waals surface area contributed by atoms with Gasteiger partial charge in [-0.1, -0.05) is 53.2 Å². The van der Waals surface area contributed by atoms with Crippen LogP contribution in [-0.2, 0) is 11.3 Å². The predicted octanol–water partition coefficient (Wildman–Crippen LogP) is 3.68. The molecule has 0 saturated heterocycles. The Balaban J connectivity index is 1.73. The van der Waals surface area contributed by atoms with Crippen molar-refractivity contribution >= 4 is 23.3 Å². The lowest BCUT2D eigenvalue weighted by Gasteiger charge is -2.32. The minimum absolute atomic E-state index is 0.149. The van der Waals surface area contributed by atoms with Gasteiger partial charge in [-0.15, -0.1) is 5.10 Å². The number of aryl methyl sites for hydroxylation is 1. The number of benzene rings is 1. The summed E-state index contributed by atoms with van der Waals surface area (Å²) in [5.74, 6) is -0.497. The van der Waals surface area contributed by atoms with Gasteiger partial charge < -0.3 is 10.2 Å². The molecular weight excluding hydrogens is 410 g/mol. The number of carbonyl (C=O) groups is 2. The van der Waals surface area contributed by atoms with Crippen molar-refractivity contribution in [3.63, 3.8) is 0 Å². The van der Waals surface area contributed by atoms with E-state index in [1.807, 2.05) is 43.3 Å². The Kier molecular flexibility index (Phi) is 6.66. The SMILES string of the molecule is Cc1cccc([C@H](C(=O)NC2CCCC2)N(Cc2cccnc2)C(=O)c2csnn2)c1. The van der Waals surface area contributed by atoms with E-state index >= 15 is 0 Å². The van der Waals surface area contributed by atoms with Crippen LogP contribution in [-0.4, -0.2) is 37.3 Å². The molecule has 1 N–H and O–H groups in total. The standard InChI is InChI=1S/C23H25N5O2S/c1-16-6-4-8-18(12-16)21(22(29)25-19-9-2-3-10-19)28(14-17-7-5-11-24-13-17)23(30)20-15-31-27-26-20/h4-8,11-13,15,19,21H,2-3,9-10,14H2,1H3,(H,25,29)/t21-/m1/s1. The molecule has 1 fully saturated rings. The molecule has 1 aliphatic rings. The van der Waals surface area contributed by atoms with Crippen LogP contribution in [0.25, 0.3) is 0 Å². The summed E-state index contributed by atoms with van der Waals surface area (Å²) >= 11 is 1.11. The molecule has 0 bridgehead atoms. The number of hydrogen-bond donors (Lipinski definition) is 1. The molecule has 7 nitrogen and oxygen atoms in total. The predicted molar refractivity (Wildman–Crippen MR) is 118 cm³/mol. The van der Waals surface area contributed by atoms with Crippen LogP contribution in [0.4, 0.5) is 0 Å². The molecule has 1 atom stereocenters. The van der Waals surface area contributed by atoms with Gasteiger partial charge >= 0.3 is 0 Å². The molecule has 0 aliphatic heterocycles. The number of amides is 2. The van der Waals surface area contributed by atoms with Crippen LogP contribution in [0, 0.1) is 6.92 Å². The summed E-state index contributed by atoms with van der Waals surface area (Å²) in [7, 11) is 0. The quantitative estimate of drug-likeness (QED) is 0.612. The molecule has 1 aliphatic carbocycles. The molecule has 0 radical (unpaired) electrons. The highest BCUT2D eigenvalue weighted by Crippen LogP contribution is 2.27. The average molecular weight is 436 g/mol. The first kappa shape index (κ1) is 21.1. The Morgan fingerprint density at radius 2 is 2.06 bits per heavy atom. The van der Waals surface area contributed by atoms with Crippen LogP contribution in [0.3, 0.4) is 0 Å². The largest absolute Gasteiger partial charge is 0.351 e. The lowest BCUT2D eigenvalue weighted by atomic mass is 10.0. The molecule has 3 aromatic rings. The second-order valence-corrected chi connectivity index (χ2v) is 8.50. The molecular formula is C23H25N5O2S. The van der Waals surface area contributed by atoms with Crippen molar-refractivity contribution in [3.8, 4) is 0 Å². The normalized spacial score (nSPS) is 14.9. The van der Waals surface area contributed by atoms with Crippen molar-refractivity contribution in [2.45, 2.75) is 51.2 Å². The smallest absolute Gasteiger partial charge is 0.276 e. The van der Waals surface area contributed by atoms with Crippen LogP contribution in [0.15, 0.2) is 54.2 Å². The second-order valence-electron chi connectivity index (χ2n) is 7.89. The van der Waals surface area contributed by atoms with Crippen molar-refractivity contribution in [1.82, 2.24) is 24.8 Å². The Morgan fingerprint density at radius 1 is 1.23 bits per heavy atom. The molecule has 0 unspecified atom stereocenters. The van der Waals surface area contributed by atoms with Crippen LogP contribution in [0.5, 0.6) is 0 Å². The molecule has 2 aromatic heterocycles. The van der Waals surface area contributed by atoms with E-state index in [2.05, 4.69) is 19.9 Å². The molecule has 8 heteroatoms. The van der Waals surface area contributed by atoms with Gasteiger partial charge in [0.15, 0.2) is 5.69 Å². The first-order chi connectivity index (χ1) is 15.1. The summed E-state index contributed by atoms with van der Waals surface area (Å²) < 4.78 is 3.84. The second kappa shape index (κ2) is 9.78. The van der Waals surface area contributed by atoms with Gasteiger partial charge in [0.25, 0.3) is 5.91 Å². The molecule has 1 saturated carbocycles. The number of rotatable bonds is 7. The lowest BCUT2D eigenvalue weighted by Crippen LogP contribution is -2.46. The summed E-state index contributed by atoms with van der Waals surface area (Å²) in [4.78, 5) is 32.8. The van der Waals surface area contributed by atoms with E-state index < -0.39 is 6.04 Å². The van der Waals surface area contributed by atoms with E-state index in [1.165, 1.54) is 0 Å². The van der Waals surface area contributed by atoms with Gasteiger partial charge in [-0.2, -0.15) is 0 Å². The van der Waals surface area contributed by atoms with Gasteiger partial charge in [-0.25, -0.2) is 0 Å². The highest BCUT2D eigenvalue weighted by Gasteiger charge is 2.34. The minimum atomic E-state index is -0.782. The lowest BCUT2D eigenvalue weighted by molar-refractivity contribution is -0.126. The van der Waals surface area contributed by atoms with Crippen molar-refractivity contribution < 1.29 is 9.59 Å². The van der Waals surface area contributed by atoms with Gasteiger partial charge in [-0.3, -0.25) is 14.6 Å². The maximum Gasteiger partial charge on any atom is 0.276 e. The zero-order valence-corrected chi connectivity index (χ0v) is 18.2. The van der Waals surface area contributed by atoms with E-state index in [4.69, 9.17) is 0 Å². The molecule has 1 aromatic carbocycles. The molecule has 2 heterocycles. The molecule has 4 rings (SSSR count). The van der Waals surface area contributed by atoms with E-state index in [0.717, 1.165) is 53.9 Å². The summed E-state index contributed by atoms with van der Waals surface area (Å²) in [5.41, 5.74) is 2.88. The highest BCUT2D eigenvalue weighted by molar-refractivity contribution is 7.03.